The smallest absolute Gasteiger partial charge is 0.383 e. The second kappa shape index (κ2) is 5.82. The van der Waals surface area contributed by atoms with Crippen molar-refractivity contribution in [3.8, 4) is 5.69 Å². The number of fused-ring (bicyclic) bond motifs is 1. The van der Waals surface area contributed by atoms with Gasteiger partial charge in [0.2, 0.25) is 0 Å². The molecule has 2 heterocycles. The van der Waals surface area contributed by atoms with Crippen LogP contribution in [-0.4, -0.2) is 33.6 Å². The Morgan fingerprint density at radius 3 is 2.50 bits per heavy atom. The summed E-state index contributed by atoms with van der Waals surface area (Å²) in [5.41, 5.74) is 10.5. The van der Waals surface area contributed by atoms with Gasteiger partial charge in [0, 0.05) is 31.9 Å². The van der Waals surface area contributed by atoms with Crippen molar-refractivity contribution in [3.05, 3.63) is 52.1 Å². The summed E-state index contributed by atoms with van der Waals surface area (Å²) in [6.45, 7) is 1.97. The number of hydrogen-bond donors (Lipinski definition) is 2. The third-order valence-electron chi connectivity index (χ3n) is 5.15. The number of likely N-dealkylation sites (tertiary alicyclic amines) is 1. The van der Waals surface area contributed by atoms with Gasteiger partial charge in [-0.05, 0) is 41.7 Å². The summed E-state index contributed by atoms with van der Waals surface area (Å²) < 4.78 is 41.0. The molecule has 1 aromatic heterocycles. The van der Waals surface area contributed by atoms with Gasteiger partial charge < -0.3 is 11.5 Å². The molecule has 0 radical (unpaired) electrons. The van der Waals surface area contributed by atoms with Crippen molar-refractivity contribution in [3.63, 3.8) is 0 Å². The Bertz CT molecular complexity index is 898. The van der Waals surface area contributed by atoms with Gasteiger partial charge in [0.25, 0.3) is 0 Å². The topological polar surface area (TPSA) is 90.2 Å². The molecule has 2 unspecified atom stereocenters. The van der Waals surface area contributed by atoms with Crippen LogP contribution in [-0.2, 0) is 12.7 Å². The number of nitrogens with zero attached hydrogens (tertiary/aromatic N) is 3. The highest BCUT2D eigenvalue weighted by Crippen LogP contribution is 2.44. The third-order valence-corrected chi connectivity index (χ3v) is 5.15. The van der Waals surface area contributed by atoms with E-state index in [2.05, 4.69) is 9.88 Å². The first-order valence-corrected chi connectivity index (χ1v) is 8.27. The maximum atomic E-state index is 13.3. The molecule has 1 saturated carbocycles. The third kappa shape index (κ3) is 3.08. The lowest BCUT2D eigenvalue weighted by Crippen LogP contribution is -2.28. The van der Waals surface area contributed by atoms with E-state index in [4.69, 9.17) is 11.5 Å². The molecule has 26 heavy (non-hydrogen) atoms. The minimum Gasteiger partial charge on any atom is -0.383 e. The summed E-state index contributed by atoms with van der Waals surface area (Å²) in [6, 6.07) is 5.25. The second-order valence-corrected chi connectivity index (χ2v) is 6.99. The van der Waals surface area contributed by atoms with Crippen molar-refractivity contribution < 1.29 is 13.2 Å². The van der Waals surface area contributed by atoms with E-state index >= 15 is 0 Å². The summed E-state index contributed by atoms with van der Waals surface area (Å²) in [7, 11) is 0. The van der Waals surface area contributed by atoms with Crippen LogP contribution < -0.4 is 17.2 Å². The first-order chi connectivity index (χ1) is 12.2. The van der Waals surface area contributed by atoms with Crippen LogP contribution in [0.15, 0.2) is 35.3 Å². The highest BCUT2D eigenvalue weighted by Gasteiger charge is 2.53. The molecule has 1 saturated heterocycles. The van der Waals surface area contributed by atoms with Gasteiger partial charge in [0.15, 0.2) is 0 Å². The Labute approximate surface area is 147 Å². The van der Waals surface area contributed by atoms with E-state index in [0.717, 1.165) is 29.8 Å². The Hall–Kier alpha value is -2.39. The zero-order chi connectivity index (χ0) is 18.6. The zero-order valence-electron chi connectivity index (χ0n) is 13.8. The Kier molecular flexibility index (Phi) is 3.81. The van der Waals surface area contributed by atoms with Gasteiger partial charge in [-0.25, -0.2) is 4.79 Å². The minimum atomic E-state index is -4.51. The summed E-state index contributed by atoms with van der Waals surface area (Å²) >= 11 is 0. The van der Waals surface area contributed by atoms with Gasteiger partial charge in [-0.3, -0.25) is 9.47 Å². The van der Waals surface area contributed by atoms with Crippen molar-refractivity contribution in [1.82, 2.24) is 14.5 Å². The molecule has 1 aromatic carbocycles. The molecule has 4 rings (SSSR count). The highest BCUT2D eigenvalue weighted by atomic mass is 19.4. The second-order valence-electron chi connectivity index (χ2n) is 6.99. The Morgan fingerprint density at radius 1 is 1.19 bits per heavy atom. The van der Waals surface area contributed by atoms with Gasteiger partial charge in [0.1, 0.15) is 5.82 Å². The number of aromatic nitrogens is 2. The molecule has 6 nitrogen and oxygen atoms in total. The monoisotopic (exact) mass is 365 g/mol. The fourth-order valence-corrected chi connectivity index (χ4v) is 3.73. The molecular weight excluding hydrogens is 347 g/mol. The van der Waals surface area contributed by atoms with E-state index in [1.165, 1.54) is 12.3 Å². The van der Waals surface area contributed by atoms with Crippen molar-refractivity contribution in [2.75, 3.05) is 18.8 Å². The first kappa shape index (κ1) is 17.0. The van der Waals surface area contributed by atoms with Gasteiger partial charge >= 0.3 is 11.9 Å². The fraction of sp³-hybridized carbons (Fsp3) is 0.412. The largest absolute Gasteiger partial charge is 0.416 e. The summed E-state index contributed by atoms with van der Waals surface area (Å²) in [4.78, 5) is 17.7. The number of hydrogen-bond acceptors (Lipinski definition) is 5. The lowest BCUT2D eigenvalue weighted by Gasteiger charge is -2.20. The van der Waals surface area contributed by atoms with Crippen molar-refractivity contribution in [2.24, 2.45) is 17.6 Å². The van der Waals surface area contributed by atoms with Gasteiger partial charge in [-0.1, -0.05) is 0 Å². The molecule has 2 atom stereocenters. The van der Waals surface area contributed by atoms with Crippen LogP contribution in [0.5, 0.6) is 0 Å². The van der Waals surface area contributed by atoms with Crippen LogP contribution in [0.4, 0.5) is 19.0 Å². The van der Waals surface area contributed by atoms with Gasteiger partial charge in [-0.2, -0.15) is 18.2 Å². The standard InChI is InChI=1S/C17H18F3N5O/c18-17(19,20)10-3-9(6-24-7-12-13(8-24)15(12)22)4-11(5-10)25-2-1-14(21)23-16(25)26/h1-5,12-13,15H,6-8,22H2,(H2,21,23,26). The minimum absolute atomic E-state index is 0.0195. The van der Waals surface area contributed by atoms with E-state index in [0.29, 0.717) is 23.9 Å². The molecule has 2 aromatic rings. The summed E-state index contributed by atoms with van der Waals surface area (Å²) in [5, 5.41) is 0. The molecule has 1 aliphatic carbocycles. The van der Waals surface area contributed by atoms with E-state index in [-0.39, 0.29) is 17.5 Å². The fourth-order valence-electron chi connectivity index (χ4n) is 3.73. The van der Waals surface area contributed by atoms with Crippen molar-refractivity contribution >= 4 is 5.82 Å². The predicted octanol–water partition coefficient (Wildman–Crippen LogP) is 1.22. The maximum Gasteiger partial charge on any atom is 0.416 e. The van der Waals surface area contributed by atoms with Crippen LogP contribution in [0, 0.1) is 11.8 Å². The number of anilines is 1. The molecule has 0 amide bonds. The number of piperidine rings is 1. The van der Waals surface area contributed by atoms with Crippen molar-refractivity contribution in [1.29, 1.82) is 0 Å². The van der Waals surface area contributed by atoms with Crippen LogP contribution in [0.3, 0.4) is 0 Å². The average molecular weight is 365 g/mol. The lowest BCUT2D eigenvalue weighted by molar-refractivity contribution is -0.137. The molecule has 2 fully saturated rings. The number of halogens is 3. The number of rotatable bonds is 3. The molecule has 4 N–H and O–H groups in total. The molecule has 1 aliphatic heterocycles. The normalized spacial score (nSPS) is 25.3. The summed E-state index contributed by atoms with van der Waals surface area (Å²) in [6.07, 6.45) is -3.18. The predicted molar refractivity (Wildman–Crippen MR) is 89.5 cm³/mol. The number of nitrogens with two attached hydrogens (primary N) is 2. The van der Waals surface area contributed by atoms with Crippen LogP contribution in [0.1, 0.15) is 11.1 Å². The Morgan fingerprint density at radius 2 is 1.88 bits per heavy atom. The van der Waals surface area contributed by atoms with E-state index in [9.17, 15) is 18.0 Å². The SMILES string of the molecule is Nc1ccn(-c2cc(CN3CC4C(N)C4C3)cc(C(F)(F)F)c2)c(=O)n1. The summed E-state index contributed by atoms with van der Waals surface area (Å²) in [5.74, 6) is 0.916. The number of benzene rings is 1. The zero-order valence-corrected chi connectivity index (χ0v) is 13.8. The van der Waals surface area contributed by atoms with E-state index in [1.807, 2.05) is 0 Å². The van der Waals surface area contributed by atoms with Crippen LogP contribution in [0.2, 0.25) is 0 Å². The number of alkyl halides is 3. The molecular formula is C17H18F3N5O. The van der Waals surface area contributed by atoms with Crippen LogP contribution in [0.25, 0.3) is 5.69 Å². The van der Waals surface area contributed by atoms with Gasteiger partial charge in [0.05, 0.1) is 11.3 Å². The first-order valence-electron chi connectivity index (χ1n) is 8.27. The highest BCUT2D eigenvalue weighted by molar-refractivity contribution is 5.42. The van der Waals surface area contributed by atoms with Crippen LogP contribution >= 0.6 is 0 Å². The molecule has 2 aliphatic rings. The average Bonchev–Trinajstić information content (AvgIpc) is 2.96. The van der Waals surface area contributed by atoms with Crippen molar-refractivity contribution in [2.45, 2.75) is 18.8 Å². The van der Waals surface area contributed by atoms with E-state index < -0.39 is 17.4 Å². The molecule has 9 heteroatoms. The number of nitrogen functional groups attached to an aromatic ring is 1. The lowest BCUT2D eigenvalue weighted by atomic mass is 10.1. The molecule has 0 bridgehead atoms. The van der Waals surface area contributed by atoms with Gasteiger partial charge in [-0.15, -0.1) is 0 Å². The van der Waals surface area contributed by atoms with E-state index in [1.54, 1.807) is 6.07 Å². The molecule has 138 valence electrons. The molecule has 0 spiro atoms. The quantitative estimate of drug-likeness (QED) is 0.854. The maximum absolute atomic E-state index is 13.3. The Balaban J connectivity index is 1.68.